The summed E-state index contributed by atoms with van der Waals surface area (Å²) in [4.78, 5) is 0. The number of nitrogens with zero attached hydrogens (tertiary/aromatic N) is 1. The highest BCUT2D eigenvalue weighted by molar-refractivity contribution is 5.87. The van der Waals surface area contributed by atoms with E-state index < -0.39 is 0 Å². The van der Waals surface area contributed by atoms with E-state index in [0.717, 1.165) is 13.0 Å². The van der Waals surface area contributed by atoms with Crippen molar-refractivity contribution in [1.29, 1.82) is 0 Å². The number of benzene rings is 2. The first-order chi connectivity index (χ1) is 13.1. The molecular weight excluding hydrogens is 328 g/mol. The lowest BCUT2D eigenvalue weighted by Gasteiger charge is -2.37. The zero-order valence-electron chi connectivity index (χ0n) is 16.8. The van der Waals surface area contributed by atoms with E-state index >= 15 is 0 Å². The van der Waals surface area contributed by atoms with E-state index in [1.54, 1.807) is 11.3 Å². The number of aromatic nitrogens is 1. The number of hydrogen-bond donors (Lipinski definition) is 1. The van der Waals surface area contributed by atoms with Crippen LogP contribution in [0.15, 0.2) is 36.4 Å². The molecule has 2 aliphatic heterocycles. The van der Waals surface area contributed by atoms with Crippen molar-refractivity contribution in [2.45, 2.75) is 71.5 Å². The molecule has 0 amide bonds. The van der Waals surface area contributed by atoms with E-state index in [9.17, 15) is 0 Å². The summed E-state index contributed by atoms with van der Waals surface area (Å²) in [5.74, 6) is 0. The standard InChI is InChI=1S/C25H30N2/c1-16-7-9-18(3)19(13-16)11-12-27-23-10-8-17(2)14-21(23)25-22-6-4-5-20(26-22)15-24(25)27/h7-10,13-14,20,22,26H,4-6,11-12,15H2,1-3H3/t20-,22+/m0/s1. The van der Waals surface area contributed by atoms with Crippen molar-refractivity contribution in [1.82, 2.24) is 9.88 Å². The van der Waals surface area contributed by atoms with E-state index in [2.05, 4.69) is 67.1 Å². The van der Waals surface area contributed by atoms with Crippen molar-refractivity contribution in [2.24, 2.45) is 0 Å². The van der Waals surface area contributed by atoms with Crippen molar-refractivity contribution in [2.75, 3.05) is 0 Å². The topological polar surface area (TPSA) is 17.0 Å². The Labute approximate surface area is 162 Å². The normalized spacial score (nSPS) is 21.4. The molecule has 3 aromatic rings. The van der Waals surface area contributed by atoms with Gasteiger partial charge >= 0.3 is 0 Å². The number of fused-ring (bicyclic) bond motifs is 6. The SMILES string of the molecule is Cc1ccc(C)c(CCn2c3c(c4cc(C)ccc42)[C@H]2CCC[C@@H](C3)N2)c1. The molecule has 1 fully saturated rings. The summed E-state index contributed by atoms with van der Waals surface area (Å²) in [6.07, 6.45) is 6.27. The fourth-order valence-corrected chi connectivity index (χ4v) is 5.36. The van der Waals surface area contributed by atoms with Crippen LogP contribution in [0.4, 0.5) is 0 Å². The van der Waals surface area contributed by atoms with E-state index in [-0.39, 0.29) is 0 Å². The Kier molecular flexibility index (Phi) is 4.12. The predicted octanol–water partition coefficient (Wildman–Crippen LogP) is 5.55. The molecule has 2 heteroatoms. The number of rotatable bonds is 3. The average Bonchev–Trinajstić information content (AvgIpc) is 2.95. The largest absolute Gasteiger partial charge is 0.344 e. The second kappa shape index (κ2) is 6.53. The first-order valence-electron chi connectivity index (χ1n) is 10.5. The molecule has 2 nitrogen and oxygen atoms in total. The molecule has 1 aromatic heterocycles. The average molecular weight is 359 g/mol. The highest BCUT2D eigenvalue weighted by Crippen LogP contribution is 2.41. The number of nitrogens with one attached hydrogen (secondary N) is 1. The summed E-state index contributed by atoms with van der Waals surface area (Å²) in [5.41, 5.74) is 10.3. The molecule has 2 atom stereocenters. The quantitative estimate of drug-likeness (QED) is 0.649. The summed E-state index contributed by atoms with van der Waals surface area (Å²) in [7, 11) is 0. The van der Waals surface area contributed by atoms with E-state index in [1.807, 2.05) is 0 Å². The van der Waals surface area contributed by atoms with Crippen LogP contribution in [0.3, 0.4) is 0 Å². The molecule has 2 bridgehead atoms. The Balaban J connectivity index is 1.60. The summed E-state index contributed by atoms with van der Waals surface area (Å²) >= 11 is 0. The van der Waals surface area contributed by atoms with Crippen LogP contribution in [0, 0.1) is 20.8 Å². The zero-order valence-corrected chi connectivity index (χ0v) is 16.8. The predicted molar refractivity (Wildman–Crippen MR) is 114 cm³/mol. The third-order valence-electron chi connectivity index (χ3n) is 6.75. The Morgan fingerprint density at radius 3 is 2.70 bits per heavy atom. The molecule has 5 rings (SSSR count). The minimum absolute atomic E-state index is 0.554. The molecule has 3 heterocycles. The Bertz CT molecular complexity index is 1010. The van der Waals surface area contributed by atoms with E-state index in [4.69, 9.17) is 0 Å². The third kappa shape index (κ3) is 2.91. The lowest BCUT2D eigenvalue weighted by molar-refractivity contribution is 0.298. The second-order valence-electron chi connectivity index (χ2n) is 8.76. The van der Waals surface area contributed by atoms with Gasteiger partial charge in [0.2, 0.25) is 0 Å². The minimum Gasteiger partial charge on any atom is -0.344 e. The number of hydrogen-bond acceptors (Lipinski definition) is 1. The summed E-state index contributed by atoms with van der Waals surface area (Å²) in [5, 5.41) is 5.40. The number of aryl methyl sites for hydroxylation is 5. The fraction of sp³-hybridized carbons (Fsp3) is 0.440. The van der Waals surface area contributed by atoms with Gasteiger partial charge in [0.1, 0.15) is 0 Å². The van der Waals surface area contributed by atoms with Gasteiger partial charge in [0.05, 0.1) is 0 Å². The molecule has 0 saturated carbocycles. The van der Waals surface area contributed by atoms with Crippen molar-refractivity contribution >= 4 is 10.9 Å². The zero-order chi connectivity index (χ0) is 18.5. The molecule has 140 valence electrons. The van der Waals surface area contributed by atoms with Crippen LogP contribution in [0.2, 0.25) is 0 Å². The minimum atomic E-state index is 0.554. The summed E-state index contributed by atoms with van der Waals surface area (Å²) in [6.45, 7) is 7.75. The summed E-state index contributed by atoms with van der Waals surface area (Å²) in [6, 6.07) is 15.1. The van der Waals surface area contributed by atoms with Gasteiger partial charge in [0, 0.05) is 41.6 Å². The van der Waals surface area contributed by atoms with Gasteiger partial charge in [-0.25, -0.2) is 0 Å². The van der Waals surface area contributed by atoms with Crippen LogP contribution in [-0.4, -0.2) is 10.6 Å². The van der Waals surface area contributed by atoms with Crippen molar-refractivity contribution in [3.8, 4) is 0 Å². The van der Waals surface area contributed by atoms with E-state index in [1.165, 1.54) is 58.8 Å². The molecule has 0 aliphatic carbocycles. The first-order valence-corrected chi connectivity index (χ1v) is 10.5. The van der Waals surface area contributed by atoms with E-state index in [0.29, 0.717) is 12.1 Å². The van der Waals surface area contributed by atoms with Gasteiger partial charge in [0.25, 0.3) is 0 Å². The summed E-state index contributed by atoms with van der Waals surface area (Å²) < 4.78 is 2.65. The van der Waals surface area contributed by atoms with Crippen molar-refractivity contribution < 1.29 is 0 Å². The smallest absolute Gasteiger partial charge is 0.0486 e. The molecule has 0 unspecified atom stereocenters. The van der Waals surface area contributed by atoms with Gasteiger partial charge in [-0.15, -0.1) is 0 Å². The molecule has 1 saturated heterocycles. The highest BCUT2D eigenvalue weighted by Gasteiger charge is 2.34. The molecule has 27 heavy (non-hydrogen) atoms. The maximum atomic E-state index is 3.91. The molecule has 0 spiro atoms. The van der Waals surface area contributed by atoms with Crippen molar-refractivity contribution in [3.63, 3.8) is 0 Å². The Morgan fingerprint density at radius 2 is 1.81 bits per heavy atom. The third-order valence-corrected chi connectivity index (χ3v) is 6.75. The van der Waals surface area contributed by atoms with Gasteiger partial charge in [-0.1, -0.05) is 35.4 Å². The molecule has 1 N–H and O–H groups in total. The monoisotopic (exact) mass is 358 g/mol. The molecule has 2 aromatic carbocycles. The van der Waals surface area contributed by atoms with Gasteiger partial charge in [-0.05, 0) is 75.3 Å². The Morgan fingerprint density at radius 1 is 1.00 bits per heavy atom. The van der Waals surface area contributed by atoms with Crippen LogP contribution >= 0.6 is 0 Å². The lowest BCUT2D eigenvalue weighted by atomic mass is 9.84. The maximum Gasteiger partial charge on any atom is 0.0486 e. The van der Waals surface area contributed by atoms with Gasteiger partial charge < -0.3 is 9.88 Å². The molecule has 2 aliphatic rings. The van der Waals surface area contributed by atoms with Crippen LogP contribution in [0.1, 0.15) is 58.8 Å². The maximum absolute atomic E-state index is 3.91. The van der Waals surface area contributed by atoms with Crippen LogP contribution in [0.25, 0.3) is 10.9 Å². The lowest BCUT2D eigenvalue weighted by Crippen LogP contribution is -2.43. The first kappa shape index (κ1) is 17.1. The van der Waals surface area contributed by atoms with Gasteiger partial charge in [-0.3, -0.25) is 0 Å². The molecule has 0 radical (unpaired) electrons. The van der Waals surface area contributed by atoms with Crippen LogP contribution in [-0.2, 0) is 19.4 Å². The van der Waals surface area contributed by atoms with Crippen molar-refractivity contribution in [3.05, 3.63) is 69.9 Å². The molecular formula is C25H30N2. The van der Waals surface area contributed by atoms with Crippen LogP contribution < -0.4 is 5.32 Å². The highest BCUT2D eigenvalue weighted by atomic mass is 15.1. The number of piperidine rings is 1. The fourth-order valence-electron chi connectivity index (χ4n) is 5.36. The Hall–Kier alpha value is -2.06. The second-order valence-corrected chi connectivity index (χ2v) is 8.76. The van der Waals surface area contributed by atoms with Gasteiger partial charge in [0.15, 0.2) is 0 Å². The van der Waals surface area contributed by atoms with Gasteiger partial charge in [-0.2, -0.15) is 0 Å². The van der Waals surface area contributed by atoms with Crippen LogP contribution in [0.5, 0.6) is 0 Å².